The molecule has 0 aliphatic heterocycles. The van der Waals surface area contributed by atoms with Gasteiger partial charge < -0.3 is 15.7 Å². The number of rotatable bonds is 7. The molecule has 0 spiro atoms. The molecular formula is C12H19N3O3. The maximum atomic E-state index is 10.9. The van der Waals surface area contributed by atoms with Gasteiger partial charge in [0.1, 0.15) is 5.69 Å². The summed E-state index contributed by atoms with van der Waals surface area (Å²) >= 11 is 0. The van der Waals surface area contributed by atoms with Crippen LogP contribution < -0.4 is 10.6 Å². The molecule has 0 radical (unpaired) electrons. The number of nitro groups is 1. The van der Waals surface area contributed by atoms with Crippen LogP contribution in [0.15, 0.2) is 18.2 Å². The number of anilines is 1. The van der Waals surface area contributed by atoms with E-state index in [0.29, 0.717) is 25.2 Å². The summed E-state index contributed by atoms with van der Waals surface area (Å²) in [6, 6.07) is 5.10. The smallest absolute Gasteiger partial charge is 0.292 e. The van der Waals surface area contributed by atoms with Crippen LogP contribution in [0.3, 0.4) is 0 Å². The summed E-state index contributed by atoms with van der Waals surface area (Å²) in [5, 5.41) is 25.9. The molecule has 1 aromatic carbocycles. The molecule has 6 nitrogen and oxygen atoms in total. The maximum absolute atomic E-state index is 10.9. The molecule has 0 heterocycles. The zero-order valence-corrected chi connectivity index (χ0v) is 10.6. The molecule has 0 saturated heterocycles. The van der Waals surface area contributed by atoms with Crippen LogP contribution in [0.4, 0.5) is 11.4 Å². The minimum absolute atomic E-state index is 0.0762. The molecule has 18 heavy (non-hydrogen) atoms. The highest BCUT2D eigenvalue weighted by atomic mass is 16.6. The first-order chi connectivity index (χ1) is 8.54. The minimum atomic E-state index is -0.398. The van der Waals surface area contributed by atoms with E-state index < -0.39 is 4.92 Å². The highest BCUT2D eigenvalue weighted by molar-refractivity contribution is 5.62. The van der Waals surface area contributed by atoms with E-state index in [4.69, 9.17) is 5.11 Å². The van der Waals surface area contributed by atoms with Gasteiger partial charge in [0.15, 0.2) is 0 Å². The van der Waals surface area contributed by atoms with Crippen molar-refractivity contribution in [3.63, 3.8) is 0 Å². The van der Waals surface area contributed by atoms with E-state index in [9.17, 15) is 10.1 Å². The van der Waals surface area contributed by atoms with E-state index >= 15 is 0 Å². The van der Waals surface area contributed by atoms with Crippen LogP contribution in [0.2, 0.25) is 0 Å². The van der Waals surface area contributed by atoms with Crippen LogP contribution in [0.5, 0.6) is 0 Å². The second kappa shape index (κ2) is 6.93. The largest absolute Gasteiger partial charge is 0.393 e. The quantitative estimate of drug-likeness (QED) is 0.389. The summed E-state index contributed by atoms with van der Waals surface area (Å²) in [6.07, 6.45) is 0.329. The number of benzene rings is 1. The Balaban J connectivity index is 2.62. The van der Waals surface area contributed by atoms with E-state index in [2.05, 4.69) is 10.6 Å². The van der Waals surface area contributed by atoms with Crippen molar-refractivity contribution in [2.75, 3.05) is 18.9 Å². The molecule has 0 aromatic heterocycles. The van der Waals surface area contributed by atoms with Gasteiger partial charge in [0.05, 0.1) is 11.0 Å². The normalized spacial score (nSPS) is 12.2. The topological polar surface area (TPSA) is 87.4 Å². The Morgan fingerprint density at radius 2 is 2.22 bits per heavy atom. The summed E-state index contributed by atoms with van der Waals surface area (Å²) in [4.78, 5) is 10.5. The molecule has 0 aliphatic rings. The van der Waals surface area contributed by atoms with E-state index in [0.717, 1.165) is 5.56 Å². The van der Waals surface area contributed by atoms with E-state index in [-0.39, 0.29) is 11.8 Å². The Labute approximate surface area is 106 Å². The lowest BCUT2D eigenvalue weighted by Crippen LogP contribution is -2.18. The third-order valence-electron chi connectivity index (χ3n) is 2.60. The van der Waals surface area contributed by atoms with Crippen molar-refractivity contribution in [3.05, 3.63) is 33.9 Å². The molecule has 0 bridgehead atoms. The first-order valence-corrected chi connectivity index (χ1v) is 5.88. The second-order valence-corrected chi connectivity index (χ2v) is 4.17. The van der Waals surface area contributed by atoms with Crippen LogP contribution >= 0.6 is 0 Å². The minimum Gasteiger partial charge on any atom is -0.393 e. The SMILES string of the molecule is CNc1ccc(CNCCC(C)O)cc1[N+](=O)[O-]. The lowest BCUT2D eigenvalue weighted by molar-refractivity contribution is -0.384. The van der Waals surface area contributed by atoms with Crippen LogP contribution in [0.1, 0.15) is 18.9 Å². The average Bonchev–Trinajstić information content (AvgIpc) is 2.34. The van der Waals surface area contributed by atoms with Gasteiger partial charge in [-0.1, -0.05) is 6.07 Å². The fourth-order valence-electron chi connectivity index (χ4n) is 1.59. The zero-order chi connectivity index (χ0) is 13.5. The number of hydrogen-bond acceptors (Lipinski definition) is 5. The molecule has 3 N–H and O–H groups in total. The van der Waals surface area contributed by atoms with Gasteiger partial charge in [0.2, 0.25) is 0 Å². The molecule has 0 aliphatic carbocycles. The maximum Gasteiger partial charge on any atom is 0.292 e. The summed E-state index contributed by atoms with van der Waals surface area (Å²) in [6.45, 7) is 2.96. The van der Waals surface area contributed by atoms with Crippen molar-refractivity contribution in [2.45, 2.75) is 26.0 Å². The van der Waals surface area contributed by atoms with Gasteiger partial charge in [0.25, 0.3) is 5.69 Å². The number of nitrogens with one attached hydrogen (secondary N) is 2. The zero-order valence-electron chi connectivity index (χ0n) is 10.6. The van der Waals surface area contributed by atoms with Crippen LogP contribution in [-0.2, 0) is 6.54 Å². The highest BCUT2D eigenvalue weighted by Gasteiger charge is 2.12. The first kappa shape index (κ1) is 14.4. The van der Waals surface area contributed by atoms with Crippen molar-refractivity contribution < 1.29 is 10.0 Å². The molecule has 0 amide bonds. The Morgan fingerprint density at radius 1 is 1.50 bits per heavy atom. The molecule has 100 valence electrons. The van der Waals surface area contributed by atoms with Gasteiger partial charge in [-0.25, -0.2) is 0 Å². The third-order valence-corrected chi connectivity index (χ3v) is 2.60. The van der Waals surface area contributed by atoms with E-state index in [1.165, 1.54) is 0 Å². The Kier molecular flexibility index (Phi) is 5.54. The lowest BCUT2D eigenvalue weighted by atomic mass is 10.1. The fourth-order valence-corrected chi connectivity index (χ4v) is 1.59. The van der Waals surface area contributed by atoms with Crippen molar-refractivity contribution >= 4 is 11.4 Å². The first-order valence-electron chi connectivity index (χ1n) is 5.88. The Hall–Kier alpha value is -1.66. The van der Waals surface area contributed by atoms with Crippen molar-refractivity contribution in [1.82, 2.24) is 5.32 Å². The van der Waals surface area contributed by atoms with E-state index in [1.54, 1.807) is 26.1 Å². The summed E-state index contributed by atoms with van der Waals surface area (Å²) in [5.74, 6) is 0. The second-order valence-electron chi connectivity index (χ2n) is 4.17. The number of aliphatic hydroxyl groups is 1. The van der Waals surface area contributed by atoms with Crippen molar-refractivity contribution in [3.8, 4) is 0 Å². The van der Waals surface area contributed by atoms with Crippen molar-refractivity contribution in [2.24, 2.45) is 0 Å². The van der Waals surface area contributed by atoms with E-state index in [1.807, 2.05) is 6.07 Å². The highest BCUT2D eigenvalue weighted by Crippen LogP contribution is 2.24. The molecule has 1 aromatic rings. The lowest BCUT2D eigenvalue weighted by Gasteiger charge is -2.08. The van der Waals surface area contributed by atoms with Gasteiger partial charge in [-0.05, 0) is 31.5 Å². The monoisotopic (exact) mass is 253 g/mol. The third kappa shape index (κ3) is 4.31. The number of hydrogen-bond donors (Lipinski definition) is 3. The molecule has 1 rings (SSSR count). The number of nitro benzene ring substituents is 1. The van der Waals surface area contributed by atoms with Gasteiger partial charge in [-0.2, -0.15) is 0 Å². The predicted octanol–water partition coefficient (Wildman–Crippen LogP) is 1.50. The average molecular weight is 253 g/mol. The van der Waals surface area contributed by atoms with Crippen LogP contribution in [0.25, 0.3) is 0 Å². The van der Waals surface area contributed by atoms with Crippen LogP contribution in [-0.4, -0.2) is 29.7 Å². The fraction of sp³-hybridized carbons (Fsp3) is 0.500. The van der Waals surface area contributed by atoms with Gasteiger partial charge in [-0.3, -0.25) is 10.1 Å². The predicted molar refractivity (Wildman–Crippen MR) is 70.6 cm³/mol. The Morgan fingerprint density at radius 3 is 2.78 bits per heavy atom. The number of aliphatic hydroxyl groups excluding tert-OH is 1. The standard InChI is InChI=1S/C12H19N3O3/c1-9(16)5-6-14-8-10-3-4-11(13-2)12(7-10)15(17)18/h3-4,7,9,13-14,16H,5-6,8H2,1-2H3. The molecule has 1 atom stereocenters. The van der Waals surface area contributed by atoms with Gasteiger partial charge >= 0.3 is 0 Å². The summed E-state index contributed by atoms with van der Waals surface area (Å²) < 4.78 is 0. The molecule has 0 saturated carbocycles. The number of nitrogens with zero attached hydrogens (tertiary/aromatic N) is 1. The molecular weight excluding hydrogens is 234 g/mol. The molecule has 1 unspecified atom stereocenters. The van der Waals surface area contributed by atoms with Gasteiger partial charge in [-0.15, -0.1) is 0 Å². The Bertz CT molecular complexity index is 408. The van der Waals surface area contributed by atoms with Crippen molar-refractivity contribution in [1.29, 1.82) is 0 Å². The molecule has 6 heteroatoms. The molecule has 0 fully saturated rings. The summed E-state index contributed by atoms with van der Waals surface area (Å²) in [7, 11) is 1.66. The summed E-state index contributed by atoms with van der Waals surface area (Å²) in [5.41, 5.74) is 1.44. The van der Waals surface area contributed by atoms with Crippen LogP contribution in [0, 0.1) is 10.1 Å². The van der Waals surface area contributed by atoms with Gasteiger partial charge in [0, 0.05) is 19.7 Å².